The molecule has 2 atom stereocenters. The van der Waals surface area contributed by atoms with Crippen molar-refractivity contribution < 1.29 is 9.59 Å². The zero-order valence-electron chi connectivity index (χ0n) is 14.3. The van der Waals surface area contributed by atoms with E-state index in [0.717, 1.165) is 0 Å². The maximum atomic E-state index is 12.8. The molecule has 1 aliphatic heterocycles. The van der Waals surface area contributed by atoms with E-state index in [0.29, 0.717) is 30.9 Å². The normalized spacial score (nSPS) is 18.9. The Balaban J connectivity index is 0.00000243. The first-order chi connectivity index (χ1) is 12.1. The number of anilines is 1. The largest absolute Gasteiger partial charge is 0.351 e. The minimum absolute atomic E-state index is 0. The molecule has 3 rings (SSSR count). The molecule has 26 heavy (non-hydrogen) atoms. The summed E-state index contributed by atoms with van der Waals surface area (Å²) < 4.78 is 0. The standard InChI is InChI=1S/C19H22N4O2.ClH/c20-10-15-11-23(12-17(15)13-4-2-1-3-5-13)18(24)14-6-8-16(9-7-14)22-19(21)25;/h1-9,15,17H,10-12,20H2,(H3,21,22,25);1H/t15-,17+;/m1./s1. The Morgan fingerprint density at radius 3 is 2.27 bits per heavy atom. The second-order valence-corrected chi connectivity index (χ2v) is 6.29. The average Bonchev–Trinajstić information content (AvgIpc) is 3.06. The Morgan fingerprint density at radius 2 is 1.69 bits per heavy atom. The van der Waals surface area contributed by atoms with Crippen molar-refractivity contribution in [3.8, 4) is 0 Å². The van der Waals surface area contributed by atoms with Crippen LogP contribution >= 0.6 is 12.4 Å². The van der Waals surface area contributed by atoms with Crippen LogP contribution in [0.2, 0.25) is 0 Å². The molecule has 0 aliphatic carbocycles. The summed E-state index contributed by atoms with van der Waals surface area (Å²) in [5, 5.41) is 2.48. The molecule has 0 unspecified atom stereocenters. The number of amides is 3. The van der Waals surface area contributed by atoms with Crippen molar-refractivity contribution in [3.05, 3.63) is 65.7 Å². The zero-order valence-corrected chi connectivity index (χ0v) is 15.1. The first-order valence-corrected chi connectivity index (χ1v) is 8.29. The highest BCUT2D eigenvalue weighted by Crippen LogP contribution is 2.32. The summed E-state index contributed by atoms with van der Waals surface area (Å²) in [6, 6.07) is 16.3. The van der Waals surface area contributed by atoms with Gasteiger partial charge in [0.1, 0.15) is 0 Å². The number of likely N-dealkylation sites (tertiary alicyclic amines) is 1. The molecule has 7 heteroatoms. The smallest absolute Gasteiger partial charge is 0.316 e. The van der Waals surface area contributed by atoms with E-state index < -0.39 is 6.03 Å². The predicted molar refractivity (Wildman–Crippen MR) is 105 cm³/mol. The molecule has 1 saturated heterocycles. The second kappa shape index (κ2) is 8.69. The lowest BCUT2D eigenvalue weighted by Gasteiger charge is -2.17. The third-order valence-electron chi connectivity index (χ3n) is 4.66. The average molecular weight is 375 g/mol. The van der Waals surface area contributed by atoms with Crippen LogP contribution in [0.3, 0.4) is 0 Å². The Morgan fingerprint density at radius 1 is 1.04 bits per heavy atom. The van der Waals surface area contributed by atoms with Gasteiger partial charge < -0.3 is 21.7 Å². The van der Waals surface area contributed by atoms with Gasteiger partial charge in [-0.2, -0.15) is 0 Å². The summed E-state index contributed by atoms with van der Waals surface area (Å²) in [6.45, 7) is 1.85. The summed E-state index contributed by atoms with van der Waals surface area (Å²) >= 11 is 0. The minimum atomic E-state index is -0.630. The first kappa shape index (κ1) is 19.8. The van der Waals surface area contributed by atoms with E-state index in [1.807, 2.05) is 23.1 Å². The molecule has 0 bridgehead atoms. The highest BCUT2D eigenvalue weighted by Gasteiger charge is 2.35. The number of primary amides is 1. The molecule has 3 amide bonds. The number of urea groups is 1. The van der Waals surface area contributed by atoms with Crippen LogP contribution in [0.15, 0.2) is 54.6 Å². The van der Waals surface area contributed by atoms with E-state index in [9.17, 15) is 9.59 Å². The number of rotatable bonds is 4. The molecule has 2 aromatic rings. The fourth-order valence-electron chi connectivity index (χ4n) is 3.37. The first-order valence-electron chi connectivity index (χ1n) is 8.29. The van der Waals surface area contributed by atoms with Gasteiger partial charge in [-0.1, -0.05) is 30.3 Å². The van der Waals surface area contributed by atoms with Gasteiger partial charge in [-0.25, -0.2) is 4.79 Å². The topological polar surface area (TPSA) is 101 Å². The van der Waals surface area contributed by atoms with E-state index in [-0.39, 0.29) is 30.2 Å². The molecule has 5 N–H and O–H groups in total. The van der Waals surface area contributed by atoms with Crippen LogP contribution in [-0.2, 0) is 0 Å². The third-order valence-corrected chi connectivity index (χ3v) is 4.66. The number of nitrogens with two attached hydrogens (primary N) is 2. The van der Waals surface area contributed by atoms with Crippen LogP contribution in [0.25, 0.3) is 0 Å². The predicted octanol–water partition coefficient (Wildman–Crippen LogP) is 2.41. The Hall–Kier alpha value is -2.57. The van der Waals surface area contributed by atoms with E-state index in [1.165, 1.54) is 5.56 Å². The Bertz CT molecular complexity index is 752. The summed E-state index contributed by atoms with van der Waals surface area (Å²) in [4.78, 5) is 25.5. The number of nitrogens with zero attached hydrogens (tertiary/aromatic N) is 1. The molecule has 1 fully saturated rings. The fraction of sp³-hybridized carbons (Fsp3) is 0.263. The number of halogens is 1. The third kappa shape index (κ3) is 4.33. The summed E-state index contributed by atoms with van der Waals surface area (Å²) in [7, 11) is 0. The van der Waals surface area contributed by atoms with Crippen molar-refractivity contribution in [3.63, 3.8) is 0 Å². The second-order valence-electron chi connectivity index (χ2n) is 6.29. The summed E-state index contributed by atoms with van der Waals surface area (Å²) in [5.74, 6) is 0.482. The van der Waals surface area contributed by atoms with Crippen molar-refractivity contribution in [1.29, 1.82) is 0 Å². The van der Waals surface area contributed by atoms with Gasteiger partial charge in [-0.3, -0.25) is 4.79 Å². The lowest BCUT2D eigenvalue weighted by Crippen LogP contribution is -2.29. The van der Waals surface area contributed by atoms with Gasteiger partial charge in [0, 0.05) is 30.3 Å². The molecule has 0 spiro atoms. The molecule has 1 aliphatic rings. The van der Waals surface area contributed by atoms with Gasteiger partial charge in [0.25, 0.3) is 5.91 Å². The monoisotopic (exact) mass is 374 g/mol. The van der Waals surface area contributed by atoms with Gasteiger partial charge in [-0.05, 0) is 42.3 Å². The minimum Gasteiger partial charge on any atom is -0.351 e. The number of hydrogen-bond donors (Lipinski definition) is 3. The number of nitrogens with one attached hydrogen (secondary N) is 1. The number of benzene rings is 2. The van der Waals surface area contributed by atoms with Crippen LogP contribution in [0.4, 0.5) is 10.5 Å². The zero-order chi connectivity index (χ0) is 17.8. The molecule has 1 heterocycles. The quantitative estimate of drug-likeness (QED) is 0.765. The van der Waals surface area contributed by atoms with Crippen molar-refractivity contribution >= 4 is 30.0 Å². The van der Waals surface area contributed by atoms with Crippen molar-refractivity contribution in [1.82, 2.24) is 4.90 Å². The summed E-state index contributed by atoms with van der Waals surface area (Å²) in [5.41, 5.74) is 13.4. The molecule has 0 radical (unpaired) electrons. The highest BCUT2D eigenvalue weighted by atomic mass is 35.5. The van der Waals surface area contributed by atoms with Gasteiger partial charge in [0.05, 0.1) is 0 Å². The lowest BCUT2D eigenvalue weighted by molar-refractivity contribution is 0.0786. The van der Waals surface area contributed by atoms with Gasteiger partial charge in [0.2, 0.25) is 0 Å². The fourth-order valence-corrected chi connectivity index (χ4v) is 3.37. The molecular formula is C19H23ClN4O2. The maximum Gasteiger partial charge on any atom is 0.316 e. The molecule has 2 aromatic carbocycles. The van der Waals surface area contributed by atoms with Crippen molar-refractivity contribution in [2.75, 3.05) is 25.0 Å². The molecule has 0 saturated carbocycles. The van der Waals surface area contributed by atoms with E-state index in [2.05, 4.69) is 17.4 Å². The SMILES string of the molecule is Cl.NC[C@@H]1CN(C(=O)c2ccc(NC(N)=O)cc2)C[C@H]1c1ccccc1. The van der Waals surface area contributed by atoms with Gasteiger partial charge in [0.15, 0.2) is 0 Å². The molecule has 6 nitrogen and oxygen atoms in total. The van der Waals surface area contributed by atoms with Crippen LogP contribution < -0.4 is 16.8 Å². The van der Waals surface area contributed by atoms with Crippen LogP contribution in [0, 0.1) is 5.92 Å². The molecule has 138 valence electrons. The van der Waals surface area contributed by atoms with Crippen LogP contribution in [0.1, 0.15) is 21.8 Å². The van der Waals surface area contributed by atoms with E-state index >= 15 is 0 Å². The lowest BCUT2D eigenvalue weighted by atomic mass is 9.89. The highest BCUT2D eigenvalue weighted by molar-refractivity contribution is 5.95. The maximum absolute atomic E-state index is 12.8. The Kier molecular flexibility index (Phi) is 6.60. The molecular weight excluding hydrogens is 352 g/mol. The number of hydrogen-bond acceptors (Lipinski definition) is 3. The number of carbonyl (C=O) groups excluding carboxylic acids is 2. The van der Waals surface area contributed by atoms with Gasteiger partial charge in [-0.15, -0.1) is 12.4 Å². The summed E-state index contributed by atoms with van der Waals surface area (Å²) in [6.07, 6.45) is 0. The molecule has 0 aromatic heterocycles. The Labute approximate surface area is 159 Å². The van der Waals surface area contributed by atoms with Gasteiger partial charge >= 0.3 is 6.03 Å². The van der Waals surface area contributed by atoms with Crippen LogP contribution in [0.5, 0.6) is 0 Å². The van der Waals surface area contributed by atoms with Crippen molar-refractivity contribution in [2.45, 2.75) is 5.92 Å². The van der Waals surface area contributed by atoms with E-state index in [4.69, 9.17) is 11.5 Å². The van der Waals surface area contributed by atoms with E-state index in [1.54, 1.807) is 24.3 Å². The number of carbonyl (C=O) groups is 2. The van der Waals surface area contributed by atoms with Crippen molar-refractivity contribution in [2.24, 2.45) is 17.4 Å². The van der Waals surface area contributed by atoms with Crippen LogP contribution in [-0.4, -0.2) is 36.5 Å².